The van der Waals surface area contributed by atoms with Crippen LogP contribution in [0.5, 0.6) is 17.2 Å². The average Bonchev–Trinajstić information content (AvgIpc) is 2.64. The van der Waals surface area contributed by atoms with Gasteiger partial charge in [0.15, 0.2) is 18.1 Å². The van der Waals surface area contributed by atoms with E-state index in [0.29, 0.717) is 18.5 Å². The highest BCUT2D eigenvalue weighted by molar-refractivity contribution is 6.06. The lowest BCUT2D eigenvalue weighted by molar-refractivity contribution is -0.140. The molecule has 1 aliphatic heterocycles. The molecule has 0 bridgehead atoms. The van der Waals surface area contributed by atoms with E-state index in [1.165, 1.54) is 32.4 Å². The summed E-state index contributed by atoms with van der Waals surface area (Å²) in [5, 5.41) is 8.75. The van der Waals surface area contributed by atoms with Crippen molar-refractivity contribution in [3.05, 3.63) is 35.9 Å². The summed E-state index contributed by atoms with van der Waals surface area (Å²) >= 11 is 0. The van der Waals surface area contributed by atoms with Gasteiger partial charge in [0.25, 0.3) is 11.8 Å². The number of methoxy groups -OCH3 is 2. The van der Waals surface area contributed by atoms with Crippen molar-refractivity contribution >= 4 is 23.9 Å². The predicted octanol–water partition coefficient (Wildman–Crippen LogP) is 1.50. The van der Waals surface area contributed by atoms with Crippen LogP contribution in [-0.4, -0.2) is 55.2 Å². The molecule has 0 unspecified atom stereocenters. The Morgan fingerprint density at radius 3 is 2.42 bits per heavy atom. The van der Waals surface area contributed by atoms with Crippen LogP contribution in [0.15, 0.2) is 30.4 Å². The van der Waals surface area contributed by atoms with Crippen molar-refractivity contribution in [3.63, 3.8) is 0 Å². The smallest absolute Gasteiger partial charge is 0.341 e. The molecule has 8 heteroatoms. The number of hydrogen-bond acceptors (Lipinski definition) is 6. The molecule has 1 aromatic carbocycles. The van der Waals surface area contributed by atoms with Gasteiger partial charge in [-0.2, -0.15) is 0 Å². The van der Waals surface area contributed by atoms with Crippen LogP contribution in [-0.2, 0) is 14.4 Å². The third-order valence-corrected chi connectivity index (χ3v) is 3.55. The molecule has 0 aliphatic carbocycles. The average molecular weight is 361 g/mol. The predicted molar refractivity (Wildman–Crippen MR) is 92.2 cm³/mol. The van der Waals surface area contributed by atoms with E-state index in [0.717, 1.165) is 4.90 Å². The van der Waals surface area contributed by atoms with E-state index in [9.17, 15) is 14.4 Å². The van der Waals surface area contributed by atoms with Crippen LogP contribution in [0.3, 0.4) is 0 Å². The Morgan fingerprint density at radius 2 is 1.88 bits per heavy atom. The van der Waals surface area contributed by atoms with Gasteiger partial charge < -0.3 is 19.3 Å². The fourth-order valence-electron chi connectivity index (χ4n) is 2.34. The highest BCUT2D eigenvalue weighted by Crippen LogP contribution is 2.38. The highest BCUT2D eigenvalue weighted by Gasteiger charge is 2.19. The van der Waals surface area contributed by atoms with E-state index in [2.05, 4.69) is 0 Å². The van der Waals surface area contributed by atoms with Crippen molar-refractivity contribution in [1.82, 2.24) is 4.90 Å². The quantitative estimate of drug-likeness (QED) is 0.734. The number of aliphatic carboxylic acids is 1. The number of hydrogen-bond donors (Lipinski definition) is 1. The summed E-state index contributed by atoms with van der Waals surface area (Å²) in [4.78, 5) is 35.7. The third kappa shape index (κ3) is 4.62. The van der Waals surface area contributed by atoms with E-state index in [1.807, 2.05) is 0 Å². The molecule has 138 valence electrons. The maximum Gasteiger partial charge on any atom is 0.341 e. The Kier molecular flexibility index (Phi) is 6.37. The molecular formula is C18H19NO7. The molecule has 1 aliphatic rings. The number of ether oxygens (including phenoxy) is 3. The SMILES string of the molecule is COc1cc(/C=C/C(=O)N2CCC=CC2=O)cc(OC)c1OCC(=O)O. The maximum absolute atomic E-state index is 12.2. The van der Waals surface area contributed by atoms with Crippen LogP contribution >= 0.6 is 0 Å². The van der Waals surface area contributed by atoms with Gasteiger partial charge in [0.05, 0.1) is 14.2 Å². The second kappa shape index (κ2) is 8.70. The Bertz CT molecular complexity index is 742. The number of carboxylic acid groups (broad SMARTS) is 1. The normalized spacial score (nSPS) is 13.8. The first kappa shape index (κ1) is 19.0. The van der Waals surface area contributed by atoms with Crippen molar-refractivity contribution in [3.8, 4) is 17.2 Å². The highest BCUT2D eigenvalue weighted by atomic mass is 16.5. The lowest BCUT2D eigenvalue weighted by Crippen LogP contribution is -2.37. The van der Waals surface area contributed by atoms with Crippen LogP contribution in [0.4, 0.5) is 0 Å². The summed E-state index contributed by atoms with van der Waals surface area (Å²) in [5.74, 6) is -1.24. The summed E-state index contributed by atoms with van der Waals surface area (Å²) in [6, 6.07) is 3.14. The van der Waals surface area contributed by atoms with Gasteiger partial charge in [0, 0.05) is 12.6 Å². The Morgan fingerprint density at radius 1 is 1.23 bits per heavy atom. The van der Waals surface area contributed by atoms with Gasteiger partial charge in [-0.3, -0.25) is 14.5 Å². The van der Waals surface area contributed by atoms with Crippen molar-refractivity contribution in [1.29, 1.82) is 0 Å². The summed E-state index contributed by atoms with van der Waals surface area (Å²) < 4.78 is 15.6. The number of benzene rings is 1. The zero-order valence-electron chi connectivity index (χ0n) is 14.4. The number of imide groups is 1. The van der Waals surface area contributed by atoms with Gasteiger partial charge in [0.1, 0.15) is 0 Å². The van der Waals surface area contributed by atoms with E-state index in [1.54, 1.807) is 18.2 Å². The minimum atomic E-state index is -1.14. The molecule has 1 N–H and O–H groups in total. The van der Waals surface area contributed by atoms with Crippen molar-refractivity contribution in [2.75, 3.05) is 27.4 Å². The summed E-state index contributed by atoms with van der Waals surface area (Å²) in [6.07, 6.45) is 6.52. The van der Waals surface area contributed by atoms with Crippen LogP contribution in [0.2, 0.25) is 0 Å². The lowest BCUT2D eigenvalue weighted by Gasteiger charge is -2.19. The molecule has 0 spiro atoms. The first-order valence-electron chi connectivity index (χ1n) is 7.77. The van der Waals surface area contributed by atoms with E-state index >= 15 is 0 Å². The van der Waals surface area contributed by atoms with Crippen molar-refractivity contribution in [2.24, 2.45) is 0 Å². The lowest BCUT2D eigenvalue weighted by atomic mass is 10.1. The molecule has 1 aromatic rings. The molecule has 0 radical (unpaired) electrons. The molecule has 0 atom stereocenters. The zero-order valence-corrected chi connectivity index (χ0v) is 14.4. The molecule has 26 heavy (non-hydrogen) atoms. The number of nitrogens with zero attached hydrogens (tertiary/aromatic N) is 1. The van der Waals surface area contributed by atoms with Crippen molar-refractivity contribution < 1.29 is 33.7 Å². The number of rotatable bonds is 7. The number of carbonyl (C=O) groups is 3. The Balaban J connectivity index is 2.23. The van der Waals surface area contributed by atoms with E-state index < -0.39 is 18.5 Å². The fourth-order valence-corrected chi connectivity index (χ4v) is 2.34. The topological polar surface area (TPSA) is 102 Å². The summed E-state index contributed by atoms with van der Waals surface area (Å²) in [5.41, 5.74) is 0.565. The number of amides is 2. The van der Waals surface area contributed by atoms with Crippen LogP contribution in [0.25, 0.3) is 6.08 Å². The monoisotopic (exact) mass is 361 g/mol. The van der Waals surface area contributed by atoms with Gasteiger partial charge in [-0.05, 0) is 36.3 Å². The molecular weight excluding hydrogens is 342 g/mol. The molecule has 0 aromatic heterocycles. The molecule has 8 nitrogen and oxygen atoms in total. The molecule has 0 saturated heterocycles. The molecule has 2 amide bonds. The van der Waals surface area contributed by atoms with Gasteiger partial charge in [-0.25, -0.2) is 4.79 Å². The zero-order chi connectivity index (χ0) is 19.1. The standard InChI is InChI=1S/C18H19NO7/c1-24-13-9-12(10-14(25-2)18(13)26-11-17(22)23)6-7-16(21)19-8-4-3-5-15(19)20/h3,5-7,9-10H,4,8,11H2,1-2H3,(H,22,23)/b7-6+. The van der Waals surface area contributed by atoms with Gasteiger partial charge in [-0.1, -0.05) is 6.08 Å². The number of carbonyl (C=O) groups excluding carboxylic acids is 2. The fraction of sp³-hybridized carbons (Fsp3) is 0.278. The van der Waals surface area contributed by atoms with Crippen molar-refractivity contribution in [2.45, 2.75) is 6.42 Å². The molecule has 0 fully saturated rings. The largest absolute Gasteiger partial charge is 0.493 e. The van der Waals surface area contributed by atoms with E-state index in [-0.39, 0.29) is 23.2 Å². The Hall–Kier alpha value is -3.29. The van der Waals surface area contributed by atoms with Gasteiger partial charge in [0.2, 0.25) is 5.75 Å². The first-order valence-corrected chi connectivity index (χ1v) is 7.77. The molecule has 0 saturated carbocycles. The second-order valence-corrected chi connectivity index (χ2v) is 5.29. The third-order valence-electron chi connectivity index (χ3n) is 3.55. The van der Waals surface area contributed by atoms with Gasteiger partial charge >= 0.3 is 5.97 Å². The van der Waals surface area contributed by atoms with Gasteiger partial charge in [-0.15, -0.1) is 0 Å². The number of carboxylic acids is 1. The summed E-state index contributed by atoms with van der Waals surface area (Å²) in [6.45, 7) is -0.210. The molecule has 1 heterocycles. The Labute approximate surface area is 150 Å². The molecule has 2 rings (SSSR count). The van der Waals surface area contributed by atoms with Crippen LogP contribution < -0.4 is 14.2 Å². The summed E-state index contributed by atoms with van der Waals surface area (Å²) in [7, 11) is 2.81. The minimum Gasteiger partial charge on any atom is -0.493 e. The maximum atomic E-state index is 12.2. The van der Waals surface area contributed by atoms with Crippen LogP contribution in [0, 0.1) is 0 Å². The van der Waals surface area contributed by atoms with Crippen LogP contribution in [0.1, 0.15) is 12.0 Å². The van der Waals surface area contributed by atoms with E-state index in [4.69, 9.17) is 19.3 Å². The minimum absolute atomic E-state index is 0.150. The first-order chi connectivity index (χ1) is 12.5. The second-order valence-electron chi connectivity index (χ2n) is 5.29.